The van der Waals surface area contributed by atoms with Crippen LogP contribution in [0.25, 0.3) is 11.3 Å². The van der Waals surface area contributed by atoms with Crippen LogP contribution in [0, 0.1) is 0 Å². The first-order valence-electron chi connectivity index (χ1n) is 11.7. The molecule has 1 aromatic heterocycles. The molecule has 0 aliphatic carbocycles. The van der Waals surface area contributed by atoms with Crippen LogP contribution in [0.5, 0.6) is 11.5 Å². The third-order valence-corrected chi connectivity index (χ3v) is 7.68. The smallest absolute Gasteiger partial charge is 0.232 e. The van der Waals surface area contributed by atoms with E-state index in [0.717, 1.165) is 18.7 Å². The second kappa shape index (κ2) is 11.3. The van der Waals surface area contributed by atoms with Gasteiger partial charge in [-0.05, 0) is 56.2 Å². The van der Waals surface area contributed by atoms with E-state index < -0.39 is 10.0 Å². The van der Waals surface area contributed by atoms with Crippen LogP contribution in [-0.2, 0) is 22.9 Å². The zero-order valence-electron chi connectivity index (χ0n) is 19.9. The van der Waals surface area contributed by atoms with Gasteiger partial charge in [-0.15, -0.1) is 0 Å². The van der Waals surface area contributed by atoms with E-state index >= 15 is 0 Å². The van der Waals surface area contributed by atoms with Gasteiger partial charge in [0.25, 0.3) is 0 Å². The molecule has 0 saturated carbocycles. The number of aromatic nitrogens is 1. The maximum absolute atomic E-state index is 13.0. The molecule has 0 atom stereocenters. The van der Waals surface area contributed by atoms with Gasteiger partial charge in [-0.2, -0.15) is 0 Å². The quantitative estimate of drug-likeness (QED) is 0.360. The molecule has 188 valence electrons. The van der Waals surface area contributed by atoms with Crippen molar-refractivity contribution in [1.29, 1.82) is 0 Å². The first-order valence-corrected chi connectivity index (χ1v) is 13.8. The minimum Gasteiger partial charge on any atom is -0.454 e. The SMILES string of the molecule is CCN(CC)CCCS(=O)(=O)Nc1c(-c2ccccc2Cl)noc1CCc1ccc2c(c1)OCO2. The average Bonchev–Trinajstić information content (AvgIpc) is 3.47. The van der Waals surface area contributed by atoms with E-state index in [9.17, 15) is 8.42 Å². The highest BCUT2D eigenvalue weighted by Gasteiger charge is 2.24. The highest BCUT2D eigenvalue weighted by molar-refractivity contribution is 7.92. The third-order valence-electron chi connectivity index (χ3n) is 6.01. The number of ether oxygens (including phenoxy) is 2. The summed E-state index contributed by atoms with van der Waals surface area (Å²) < 4.78 is 45.2. The molecule has 2 heterocycles. The monoisotopic (exact) mass is 519 g/mol. The highest BCUT2D eigenvalue weighted by atomic mass is 35.5. The Morgan fingerprint density at radius 1 is 1.06 bits per heavy atom. The third kappa shape index (κ3) is 6.28. The first kappa shape index (κ1) is 25.3. The van der Waals surface area contributed by atoms with Crippen LogP contribution in [0.2, 0.25) is 5.02 Å². The van der Waals surface area contributed by atoms with Crippen molar-refractivity contribution < 1.29 is 22.4 Å². The summed E-state index contributed by atoms with van der Waals surface area (Å²) in [6.45, 7) is 6.83. The maximum atomic E-state index is 13.0. The van der Waals surface area contributed by atoms with Gasteiger partial charge in [0.05, 0.1) is 10.8 Å². The summed E-state index contributed by atoms with van der Waals surface area (Å²) >= 11 is 6.40. The molecule has 0 radical (unpaired) electrons. The van der Waals surface area contributed by atoms with Crippen molar-refractivity contribution in [3.05, 3.63) is 58.8 Å². The van der Waals surface area contributed by atoms with Gasteiger partial charge in [0.1, 0.15) is 11.4 Å². The number of nitrogens with zero attached hydrogens (tertiary/aromatic N) is 2. The van der Waals surface area contributed by atoms with E-state index in [0.29, 0.717) is 65.0 Å². The molecule has 0 unspecified atom stereocenters. The molecule has 8 nitrogen and oxygen atoms in total. The summed E-state index contributed by atoms with van der Waals surface area (Å²) in [5.74, 6) is 1.86. The molecule has 1 N–H and O–H groups in total. The van der Waals surface area contributed by atoms with Gasteiger partial charge in [-0.25, -0.2) is 8.42 Å². The van der Waals surface area contributed by atoms with Crippen LogP contribution in [0.3, 0.4) is 0 Å². The largest absolute Gasteiger partial charge is 0.454 e. The van der Waals surface area contributed by atoms with Gasteiger partial charge < -0.3 is 18.9 Å². The predicted molar refractivity (Wildman–Crippen MR) is 137 cm³/mol. The molecule has 0 amide bonds. The molecule has 35 heavy (non-hydrogen) atoms. The van der Waals surface area contributed by atoms with E-state index in [2.05, 4.69) is 28.6 Å². The lowest BCUT2D eigenvalue weighted by Gasteiger charge is -2.17. The number of hydrogen-bond acceptors (Lipinski definition) is 7. The fourth-order valence-corrected chi connectivity index (χ4v) is 5.37. The molecule has 1 aliphatic rings. The number of hydrogen-bond donors (Lipinski definition) is 1. The molecule has 0 saturated heterocycles. The molecule has 3 aromatic rings. The zero-order valence-corrected chi connectivity index (χ0v) is 21.5. The van der Waals surface area contributed by atoms with E-state index in [1.54, 1.807) is 12.1 Å². The second-order valence-corrected chi connectivity index (χ2v) is 10.5. The highest BCUT2D eigenvalue weighted by Crippen LogP contribution is 2.37. The van der Waals surface area contributed by atoms with Crippen LogP contribution < -0.4 is 14.2 Å². The lowest BCUT2D eigenvalue weighted by atomic mass is 10.1. The Morgan fingerprint density at radius 2 is 1.83 bits per heavy atom. The van der Waals surface area contributed by atoms with Crippen LogP contribution in [-0.4, -0.2) is 50.7 Å². The van der Waals surface area contributed by atoms with Gasteiger partial charge in [0, 0.05) is 12.0 Å². The lowest BCUT2D eigenvalue weighted by molar-refractivity contribution is 0.174. The first-order chi connectivity index (χ1) is 16.9. The van der Waals surface area contributed by atoms with E-state index in [1.165, 1.54) is 0 Å². The second-order valence-electron chi connectivity index (χ2n) is 8.30. The molecule has 0 fully saturated rings. The molecule has 10 heteroatoms. The van der Waals surface area contributed by atoms with Crippen molar-refractivity contribution in [2.45, 2.75) is 33.1 Å². The van der Waals surface area contributed by atoms with E-state index in [4.69, 9.17) is 25.6 Å². The number of aryl methyl sites for hydroxylation is 2. The molecule has 2 aromatic carbocycles. The molecule has 0 bridgehead atoms. The number of rotatable bonds is 12. The lowest BCUT2D eigenvalue weighted by Crippen LogP contribution is -2.27. The van der Waals surface area contributed by atoms with Crippen molar-refractivity contribution in [3.8, 4) is 22.8 Å². The maximum Gasteiger partial charge on any atom is 0.232 e. The fraction of sp³-hybridized carbons (Fsp3) is 0.400. The normalized spacial score (nSPS) is 12.9. The topological polar surface area (TPSA) is 93.9 Å². The molecular formula is C25H30ClN3O5S. The Hall–Kier alpha value is -2.75. The average molecular weight is 520 g/mol. The number of nitrogens with one attached hydrogen (secondary N) is 1. The Bertz CT molecular complexity index is 1260. The van der Waals surface area contributed by atoms with Gasteiger partial charge >= 0.3 is 0 Å². The summed E-state index contributed by atoms with van der Waals surface area (Å²) in [6, 6.07) is 12.9. The predicted octanol–water partition coefficient (Wildman–Crippen LogP) is 4.98. The Balaban J connectivity index is 1.55. The number of fused-ring (bicyclic) bond motifs is 1. The molecule has 0 spiro atoms. The van der Waals surface area contributed by atoms with Crippen LogP contribution in [0.4, 0.5) is 5.69 Å². The zero-order chi connectivity index (χ0) is 24.8. The number of benzene rings is 2. The van der Waals surface area contributed by atoms with Crippen molar-refractivity contribution in [2.75, 3.05) is 36.9 Å². The van der Waals surface area contributed by atoms with E-state index in [1.807, 2.05) is 30.3 Å². The van der Waals surface area contributed by atoms with Crippen molar-refractivity contribution in [1.82, 2.24) is 10.1 Å². The summed E-state index contributed by atoms with van der Waals surface area (Å²) in [5.41, 5.74) is 2.33. The van der Waals surface area contributed by atoms with Crippen molar-refractivity contribution in [2.24, 2.45) is 0 Å². The number of anilines is 1. The van der Waals surface area contributed by atoms with Gasteiger partial charge in [-0.3, -0.25) is 4.72 Å². The van der Waals surface area contributed by atoms with Crippen LogP contribution in [0.15, 0.2) is 47.0 Å². The van der Waals surface area contributed by atoms with Gasteiger partial charge in [0.2, 0.25) is 16.8 Å². The summed E-state index contributed by atoms with van der Waals surface area (Å²) in [4.78, 5) is 2.20. The van der Waals surface area contributed by atoms with E-state index in [-0.39, 0.29) is 12.5 Å². The number of sulfonamides is 1. The Morgan fingerprint density at radius 3 is 2.60 bits per heavy atom. The minimum absolute atomic E-state index is 0.00174. The van der Waals surface area contributed by atoms with Crippen LogP contribution >= 0.6 is 11.6 Å². The Kier molecular flexibility index (Phi) is 8.20. The van der Waals surface area contributed by atoms with Crippen molar-refractivity contribution >= 4 is 27.3 Å². The molecule has 1 aliphatic heterocycles. The molecule has 4 rings (SSSR count). The number of halogens is 1. The standard InChI is InChI=1S/C25H30ClN3O5S/c1-3-29(4-2)14-7-15-35(30,31)28-25-22(34-27-24(25)19-8-5-6-9-20(19)26)13-11-18-10-12-21-23(16-18)33-17-32-21/h5-6,8-10,12,16,28H,3-4,7,11,13-15,17H2,1-2H3. The summed E-state index contributed by atoms with van der Waals surface area (Å²) in [6.07, 6.45) is 1.56. The van der Waals surface area contributed by atoms with Crippen LogP contribution in [0.1, 0.15) is 31.6 Å². The fourth-order valence-electron chi connectivity index (χ4n) is 4.02. The Labute approximate surface area is 211 Å². The molecular weight excluding hydrogens is 490 g/mol. The van der Waals surface area contributed by atoms with Crippen molar-refractivity contribution in [3.63, 3.8) is 0 Å². The summed E-state index contributed by atoms with van der Waals surface area (Å²) in [7, 11) is -3.63. The van der Waals surface area contributed by atoms with Gasteiger partial charge in [0.15, 0.2) is 17.3 Å². The minimum atomic E-state index is -3.63. The summed E-state index contributed by atoms with van der Waals surface area (Å²) in [5, 5.41) is 4.66. The van der Waals surface area contributed by atoms with Gasteiger partial charge in [-0.1, -0.05) is 54.9 Å².